The van der Waals surface area contributed by atoms with Gasteiger partial charge >= 0.3 is 5.69 Å². The third-order valence-electron chi connectivity index (χ3n) is 3.59. The highest BCUT2D eigenvalue weighted by Gasteiger charge is 2.12. The van der Waals surface area contributed by atoms with Crippen molar-refractivity contribution in [3.8, 4) is 0 Å². The summed E-state index contributed by atoms with van der Waals surface area (Å²) < 4.78 is 14.4. The van der Waals surface area contributed by atoms with Crippen molar-refractivity contribution in [2.75, 3.05) is 5.32 Å². The van der Waals surface area contributed by atoms with Crippen LogP contribution >= 0.6 is 0 Å². The summed E-state index contributed by atoms with van der Waals surface area (Å²) in [6, 6.07) is 10.4. The van der Waals surface area contributed by atoms with Crippen LogP contribution in [0, 0.1) is 5.82 Å². The molecule has 2 aromatic carbocycles. The number of aromatic amines is 1. The molecule has 3 aromatic rings. The molecule has 3 rings (SSSR count). The van der Waals surface area contributed by atoms with Crippen LogP contribution in [0.1, 0.15) is 17.3 Å². The Hall–Kier alpha value is -3.22. The van der Waals surface area contributed by atoms with Crippen LogP contribution in [-0.4, -0.2) is 21.2 Å². The van der Waals surface area contributed by atoms with E-state index >= 15 is 0 Å². The first-order valence-electron chi connectivity index (χ1n) is 7.23. The van der Waals surface area contributed by atoms with E-state index in [-0.39, 0.29) is 12.3 Å². The number of nitrogens with zero attached hydrogens (tertiary/aromatic N) is 1. The lowest BCUT2D eigenvalue weighted by molar-refractivity contribution is -0.116. The van der Waals surface area contributed by atoms with Crippen LogP contribution < -0.4 is 11.0 Å². The number of rotatable bonds is 4. The van der Waals surface area contributed by atoms with Gasteiger partial charge in [-0.3, -0.25) is 14.2 Å². The molecule has 1 heterocycles. The normalized spacial score (nSPS) is 10.8. The second-order valence-corrected chi connectivity index (χ2v) is 5.36. The summed E-state index contributed by atoms with van der Waals surface area (Å²) in [6.45, 7) is 1.21. The summed E-state index contributed by atoms with van der Waals surface area (Å²) in [5, 5.41) is 2.64. The largest absolute Gasteiger partial charge is 0.326 e. The van der Waals surface area contributed by atoms with Gasteiger partial charge in [-0.1, -0.05) is 12.1 Å². The van der Waals surface area contributed by atoms with E-state index in [1.807, 2.05) is 0 Å². The smallest absolute Gasteiger partial charge is 0.325 e. The fourth-order valence-electron chi connectivity index (χ4n) is 2.45. The number of fused-ring (bicyclic) bond motifs is 1. The number of carbonyl (C=O) groups excluding carboxylic acids is 2. The number of ketones is 1. The van der Waals surface area contributed by atoms with Gasteiger partial charge in [-0.2, -0.15) is 0 Å². The zero-order chi connectivity index (χ0) is 17.3. The molecular weight excluding hydrogens is 313 g/mol. The summed E-state index contributed by atoms with van der Waals surface area (Å²) in [6.07, 6.45) is 0. The third-order valence-corrected chi connectivity index (χ3v) is 3.59. The number of halogens is 1. The lowest BCUT2D eigenvalue weighted by Crippen LogP contribution is -2.25. The Labute approximate surface area is 135 Å². The van der Waals surface area contributed by atoms with Crippen LogP contribution in [0.2, 0.25) is 0 Å². The molecule has 0 radical (unpaired) electrons. The van der Waals surface area contributed by atoms with Crippen molar-refractivity contribution in [1.82, 2.24) is 9.55 Å². The summed E-state index contributed by atoms with van der Waals surface area (Å²) in [5.74, 6) is -1.01. The molecule has 1 amide bonds. The molecule has 6 nitrogen and oxygen atoms in total. The summed E-state index contributed by atoms with van der Waals surface area (Å²) in [4.78, 5) is 38.0. The fourth-order valence-corrected chi connectivity index (χ4v) is 2.45. The molecule has 0 unspecified atom stereocenters. The minimum Gasteiger partial charge on any atom is -0.325 e. The third kappa shape index (κ3) is 3.10. The molecule has 0 fully saturated rings. The van der Waals surface area contributed by atoms with E-state index in [0.29, 0.717) is 22.3 Å². The molecule has 0 aliphatic heterocycles. The van der Waals surface area contributed by atoms with Gasteiger partial charge in [0.05, 0.1) is 11.0 Å². The van der Waals surface area contributed by atoms with Crippen LogP contribution in [0.5, 0.6) is 0 Å². The molecule has 24 heavy (non-hydrogen) atoms. The first-order valence-corrected chi connectivity index (χ1v) is 7.23. The number of benzene rings is 2. The first kappa shape index (κ1) is 15.7. The van der Waals surface area contributed by atoms with E-state index in [1.54, 1.807) is 24.3 Å². The highest BCUT2D eigenvalue weighted by atomic mass is 19.1. The monoisotopic (exact) mass is 327 g/mol. The van der Waals surface area contributed by atoms with Gasteiger partial charge in [0.15, 0.2) is 5.78 Å². The number of anilines is 1. The molecule has 1 aromatic heterocycles. The Morgan fingerprint density at radius 3 is 2.75 bits per heavy atom. The Bertz CT molecular complexity index is 1000. The zero-order valence-electron chi connectivity index (χ0n) is 12.8. The van der Waals surface area contributed by atoms with Crippen LogP contribution in [0.3, 0.4) is 0 Å². The number of hydrogen-bond donors (Lipinski definition) is 2. The zero-order valence-corrected chi connectivity index (χ0v) is 12.8. The Morgan fingerprint density at radius 2 is 2.00 bits per heavy atom. The first-order chi connectivity index (χ1) is 11.4. The predicted molar refractivity (Wildman–Crippen MR) is 87.6 cm³/mol. The van der Waals surface area contributed by atoms with E-state index in [2.05, 4.69) is 10.3 Å². The molecule has 7 heteroatoms. The van der Waals surface area contributed by atoms with E-state index < -0.39 is 17.4 Å². The van der Waals surface area contributed by atoms with Crippen molar-refractivity contribution in [1.29, 1.82) is 0 Å². The summed E-state index contributed by atoms with van der Waals surface area (Å²) in [7, 11) is 0. The van der Waals surface area contributed by atoms with E-state index in [1.165, 1.54) is 29.7 Å². The van der Waals surface area contributed by atoms with Gasteiger partial charge in [0, 0.05) is 11.3 Å². The van der Waals surface area contributed by atoms with Crippen molar-refractivity contribution in [2.24, 2.45) is 0 Å². The Kier molecular flexibility index (Phi) is 3.99. The topological polar surface area (TPSA) is 84.0 Å². The van der Waals surface area contributed by atoms with Crippen molar-refractivity contribution in [3.63, 3.8) is 0 Å². The van der Waals surface area contributed by atoms with Gasteiger partial charge in [0.25, 0.3) is 0 Å². The lowest BCUT2D eigenvalue weighted by atomic mass is 10.1. The Morgan fingerprint density at radius 1 is 1.21 bits per heavy atom. The fraction of sp³-hybridized carbons (Fsp3) is 0.118. The molecule has 0 bridgehead atoms. The van der Waals surface area contributed by atoms with E-state index in [0.717, 1.165) is 0 Å². The van der Waals surface area contributed by atoms with Crippen molar-refractivity contribution >= 4 is 28.4 Å². The highest BCUT2D eigenvalue weighted by Crippen LogP contribution is 2.13. The van der Waals surface area contributed by atoms with Crippen molar-refractivity contribution < 1.29 is 14.0 Å². The minimum absolute atomic E-state index is 0.110. The molecule has 2 N–H and O–H groups in total. The quantitative estimate of drug-likeness (QED) is 0.721. The van der Waals surface area contributed by atoms with E-state index in [9.17, 15) is 18.8 Å². The average molecular weight is 327 g/mol. The predicted octanol–water partition coefficient (Wildman–Crippen LogP) is 2.31. The average Bonchev–Trinajstić information content (AvgIpc) is 2.82. The van der Waals surface area contributed by atoms with Crippen molar-refractivity contribution in [3.05, 3.63) is 64.3 Å². The molecule has 0 spiro atoms. The maximum atomic E-state index is 13.2. The number of Topliss-reactive ketones (excluding diaryl/α,β-unsaturated/α-hetero) is 1. The standard InChI is InChI=1S/C17H14FN3O3/c1-10(22)11-3-2-4-13(7-11)19-16(23)9-21-15-6-5-12(18)8-14(15)20-17(21)24/h2-8H,9H2,1H3,(H,19,23)(H,20,24). The molecule has 122 valence electrons. The van der Waals surface area contributed by atoms with Crippen molar-refractivity contribution in [2.45, 2.75) is 13.5 Å². The highest BCUT2D eigenvalue weighted by molar-refractivity contribution is 5.97. The maximum Gasteiger partial charge on any atom is 0.326 e. The lowest BCUT2D eigenvalue weighted by Gasteiger charge is -2.07. The number of hydrogen-bond acceptors (Lipinski definition) is 3. The van der Waals surface area contributed by atoms with Gasteiger partial charge in [0.1, 0.15) is 12.4 Å². The molecular formula is C17H14FN3O3. The second kappa shape index (κ2) is 6.11. The number of aromatic nitrogens is 2. The van der Waals surface area contributed by atoms with Crippen LogP contribution in [0.15, 0.2) is 47.3 Å². The number of nitrogens with one attached hydrogen (secondary N) is 2. The van der Waals surface area contributed by atoms with Crippen LogP contribution in [-0.2, 0) is 11.3 Å². The summed E-state index contributed by atoms with van der Waals surface area (Å²) >= 11 is 0. The number of amides is 1. The second-order valence-electron chi connectivity index (χ2n) is 5.36. The van der Waals surface area contributed by atoms with Gasteiger partial charge in [0.2, 0.25) is 5.91 Å². The number of carbonyl (C=O) groups is 2. The van der Waals surface area contributed by atoms with E-state index in [4.69, 9.17) is 0 Å². The number of imidazole rings is 1. The maximum absolute atomic E-state index is 13.2. The minimum atomic E-state index is -0.497. The van der Waals surface area contributed by atoms with Gasteiger partial charge in [-0.05, 0) is 37.3 Å². The SMILES string of the molecule is CC(=O)c1cccc(NC(=O)Cn2c(=O)[nH]c3cc(F)ccc32)c1. The molecule has 0 aliphatic rings. The molecule has 0 saturated heterocycles. The van der Waals surface area contributed by atoms with Gasteiger partial charge in [-0.25, -0.2) is 9.18 Å². The van der Waals surface area contributed by atoms with Gasteiger partial charge in [-0.15, -0.1) is 0 Å². The van der Waals surface area contributed by atoms with Crippen LogP contribution in [0.25, 0.3) is 11.0 Å². The van der Waals surface area contributed by atoms with Crippen LogP contribution in [0.4, 0.5) is 10.1 Å². The van der Waals surface area contributed by atoms with Gasteiger partial charge < -0.3 is 10.3 Å². The summed E-state index contributed by atoms with van der Waals surface area (Å²) in [5.41, 5.74) is 1.21. The molecule has 0 saturated carbocycles. The number of H-pyrrole nitrogens is 1. The molecule has 0 aliphatic carbocycles. The Balaban J connectivity index is 1.83. The molecule has 0 atom stereocenters.